The zero-order valence-electron chi connectivity index (χ0n) is 11.1. The lowest BCUT2D eigenvalue weighted by Crippen LogP contribution is -2.23. The number of hydroxylamine groups is 1. The summed E-state index contributed by atoms with van der Waals surface area (Å²) in [6, 6.07) is 7.28. The smallest absolute Gasteiger partial charge is 0.244 e. The van der Waals surface area contributed by atoms with Gasteiger partial charge in [-0.3, -0.25) is 9.63 Å². The van der Waals surface area contributed by atoms with Gasteiger partial charge in [0.25, 0.3) is 0 Å². The maximum atomic E-state index is 11.4. The van der Waals surface area contributed by atoms with E-state index < -0.39 is 0 Å². The summed E-state index contributed by atoms with van der Waals surface area (Å²) in [5.41, 5.74) is 3.22. The molecule has 0 unspecified atom stereocenters. The minimum absolute atomic E-state index is 0.196. The summed E-state index contributed by atoms with van der Waals surface area (Å²) < 4.78 is 5.59. The standard InChI is InChI=1S/C14H15ClN2O3/c1-2-19-17-13(18)7-8-14-16-9-12(20-14)10-3-5-11(15)6-4-10/h3-6,9H,2,7-8H2,1H3,(H,17,18). The fraction of sp³-hybridized carbons (Fsp3) is 0.286. The van der Waals surface area contributed by atoms with Crippen LogP contribution in [0.25, 0.3) is 11.3 Å². The molecule has 5 nitrogen and oxygen atoms in total. The second kappa shape index (κ2) is 7.07. The van der Waals surface area contributed by atoms with Crippen LogP contribution in [0.3, 0.4) is 0 Å². The third kappa shape index (κ3) is 4.08. The number of rotatable bonds is 6. The fourth-order valence-corrected chi connectivity index (χ4v) is 1.72. The van der Waals surface area contributed by atoms with Crippen LogP contribution in [0.15, 0.2) is 34.9 Å². The van der Waals surface area contributed by atoms with E-state index in [1.807, 2.05) is 12.1 Å². The van der Waals surface area contributed by atoms with Gasteiger partial charge in [0, 0.05) is 23.4 Å². The van der Waals surface area contributed by atoms with Gasteiger partial charge in [0.1, 0.15) is 0 Å². The van der Waals surface area contributed by atoms with Crippen molar-refractivity contribution in [2.45, 2.75) is 19.8 Å². The van der Waals surface area contributed by atoms with Gasteiger partial charge in [-0.15, -0.1) is 0 Å². The topological polar surface area (TPSA) is 64.4 Å². The molecule has 1 aromatic heterocycles. The molecule has 0 spiro atoms. The Hall–Kier alpha value is -1.85. The predicted octanol–water partition coefficient (Wildman–Crippen LogP) is 3.00. The Morgan fingerprint density at radius 2 is 2.15 bits per heavy atom. The average Bonchev–Trinajstić information content (AvgIpc) is 2.92. The van der Waals surface area contributed by atoms with Gasteiger partial charge >= 0.3 is 0 Å². The maximum absolute atomic E-state index is 11.4. The second-order valence-electron chi connectivity index (χ2n) is 4.08. The van der Waals surface area contributed by atoms with Crippen LogP contribution in [0.5, 0.6) is 0 Å². The highest BCUT2D eigenvalue weighted by Gasteiger charge is 2.09. The first kappa shape index (κ1) is 14.6. The van der Waals surface area contributed by atoms with E-state index in [0.29, 0.717) is 29.7 Å². The second-order valence-corrected chi connectivity index (χ2v) is 4.52. The van der Waals surface area contributed by atoms with Gasteiger partial charge in [0.2, 0.25) is 5.91 Å². The Morgan fingerprint density at radius 3 is 2.85 bits per heavy atom. The number of hydrogen-bond acceptors (Lipinski definition) is 4. The molecule has 1 heterocycles. The van der Waals surface area contributed by atoms with E-state index in [2.05, 4.69) is 10.5 Å². The molecule has 6 heteroatoms. The van der Waals surface area contributed by atoms with Crippen molar-refractivity contribution in [2.75, 3.05) is 6.61 Å². The van der Waals surface area contributed by atoms with Crippen molar-refractivity contribution >= 4 is 17.5 Å². The van der Waals surface area contributed by atoms with Crippen molar-refractivity contribution < 1.29 is 14.0 Å². The molecular weight excluding hydrogens is 280 g/mol. The lowest BCUT2D eigenvalue weighted by Gasteiger charge is -2.01. The Bertz CT molecular complexity index is 566. The maximum Gasteiger partial charge on any atom is 0.244 e. The molecule has 20 heavy (non-hydrogen) atoms. The van der Waals surface area contributed by atoms with Crippen molar-refractivity contribution in [3.8, 4) is 11.3 Å². The van der Waals surface area contributed by atoms with E-state index in [4.69, 9.17) is 20.9 Å². The number of oxazole rings is 1. The molecule has 1 amide bonds. The summed E-state index contributed by atoms with van der Waals surface area (Å²) in [5, 5.41) is 0.668. The number of nitrogens with one attached hydrogen (secondary N) is 1. The van der Waals surface area contributed by atoms with E-state index in [9.17, 15) is 4.79 Å². The van der Waals surface area contributed by atoms with E-state index in [0.717, 1.165) is 5.56 Å². The quantitative estimate of drug-likeness (QED) is 0.832. The summed E-state index contributed by atoms with van der Waals surface area (Å²) in [6.45, 7) is 2.23. The summed E-state index contributed by atoms with van der Waals surface area (Å²) in [6.07, 6.45) is 2.33. The Kier molecular flexibility index (Phi) is 5.15. The van der Waals surface area contributed by atoms with Crippen LogP contribution in [0.2, 0.25) is 5.02 Å². The molecule has 0 saturated heterocycles. The highest BCUT2D eigenvalue weighted by atomic mass is 35.5. The molecule has 1 N–H and O–H groups in total. The van der Waals surface area contributed by atoms with Gasteiger partial charge in [-0.1, -0.05) is 11.6 Å². The van der Waals surface area contributed by atoms with Crippen LogP contribution in [-0.4, -0.2) is 17.5 Å². The number of benzene rings is 1. The van der Waals surface area contributed by atoms with Gasteiger partial charge < -0.3 is 4.42 Å². The van der Waals surface area contributed by atoms with Crippen LogP contribution in [0.4, 0.5) is 0 Å². The van der Waals surface area contributed by atoms with Crippen molar-refractivity contribution in [1.29, 1.82) is 0 Å². The molecule has 0 aliphatic rings. The normalized spacial score (nSPS) is 10.5. The third-order valence-electron chi connectivity index (χ3n) is 2.58. The van der Waals surface area contributed by atoms with Crippen LogP contribution in [-0.2, 0) is 16.1 Å². The summed E-state index contributed by atoms with van der Waals surface area (Å²) in [4.78, 5) is 20.3. The molecule has 2 rings (SSSR count). The Labute approximate surface area is 121 Å². The number of nitrogens with zero attached hydrogens (tertiary/aromatic N) is 1. The zero-order valence-corrected chi connectivity index (χ0v) is 11.8. The van der Waals surface area contributed by atoms with E-state index in [1.165, 1.54) is 0 Å². The summed E-state index contributed by atoms with van der Waals surface area (Å²) in [5.74, 6) is 0.974. The van der Waals surface area contributed by atoms with E-state index in [-0.39, 0.29) is 12.3 Å². The monoisotopic (exact) mass is 294 g/mol. The first-order chi connectivity index (χ1) is 9.69. The lowest BCUT2D eigenvalue weighted by molar-refractivity contribution is -0.133. The Balaban J connectivity index is 1.92. The van der Waals surface area contributed by atoms with Gasteiger partial charge in [-0.25, -0.2) is 10.5 Å². The van der Waals surface area contributed by atoms with Crippen molar-refractivity contribution in [3.05, 3.63) is 41.4 Å². The molecule has 0 bridgehead atoms. The van der Waals surface area contributed by atoms with E-state index >= 15 is 0 Å². The van der Waals surface area contributed by atoms with Crippen LogP contribution >= 0.6 is 11.6 Å². The SMILES string of the molecule is CCONC(=O)CCc1ncc(-c2ccc(Cl)cc2)o1. The van der Waals surface area contributed by atoms with Crippen molar-refractivity contribution in [3.63, 3.8) is 0 Å². The fourth-order valence-electron chi connectivity index (χ4n) is 1.60. The van der Waals surface area contributed by atoms with Crippen LogP contribution in [0.1, 0.15) is 19.2 Å². The zero-order chi connectivity index (χ0) is 14.4. The molecule has 2 aromatic rings. The first-order valence-corrected chi connectivity index (χ1v) is 6.68. The molecular formula is C14H15ClN2O3. The third-order valence-corrected chi connectivity index (χ3v) is 2.83. The average molecular weight is 295 g/mol. The molecule has 1 aromatic carbocycles. The number of carbonyl (C=O) groups excluding carboxylic acids is 1. The number of hydrogen-bond donors (Lipinski definition) is 1. The predicted molar refractivity (Wildman–Crippen MR) is 75.0 cm³/mol. The van der Waals surface area contributed by atoms with Crippen LogP contribution in [0, 0.1) is 0 Å². The van der Waals surface area contributed by atoms with Gasteiger partial charge in [0.05, 0.1) is 12.8 Å². The van der Waals surface area contributed by atoms with Gasteiger partial charge in [-0.05, 0) is 31.2 Å². The Morgan fingerprint density at radius 1 is 1.40 bits per heavy atom. The van der Waals surface area contributed by atoms with Gasteiger partial charge in [-0.2, -0.15) is 0 Å². The largest absolute Gasteiger partial charge is 0.441 e. The number of aryl methyl sites for hydroxylation is 1. The molecule has 106 valence electrons. The summed E-state index contributed by atoms with van der Waals surface area (Å²) >= 11 is 5.83. The summed E-state index contributed by atoms with van der Waals surface area (Å²) in [7, 11) is 0. The highest BCUT2D eigenvalue weighted by molar-refractivity contribution is 6.30. The number of aromatic nitrogens is 1. The van der Waals surface area contributed by atoms with Crippen molar-refractivity contribution in [2.24, 2.45) is 0 Å². The minimum atomic E-state index is -0.196. The van der Waals surface area contributed by atoms with Crippen LogP contribution < -0.4 is 5.48 Å². The molecule has 0 radical (unpaired) electrons. The molecule has 0 atom stereocenters. The molecule has 0 aliphatic carbocycles. The lowest BCUT2D eigenvalue weighted by atomic mass is 10.2. The first-order valence-electron chi connectivity index (χ1n) is 6.30. The highest BCUT2D eigenvalue weighted by Crippen LogP contribution is 2.22. The van der Waals surface area contributed by atoms with E-state index in [1.54, 1.807) is 25.3 Å². The van der Waals surface area contributed by atoms with Gasteiger partial charge in [0.15, 0.2) is 11.7 Å². The molecule has 0 aliphatic heterocycles. The van der Waals surface area contributed by atoms with Crippen molar-refractivity contribution in [1.82, 2.24) is 10.5 Å². The number of carbonyl (C=O) groups is 1. The molecule has 0 fully saturated rings. The number of amides is 1. The number of halogens is 1. The minimum Gasteiger partial charge on any atom is -0.441 e. The molecule has 0 saturated carbocycles.